The molecule has 2 aromatic carbocycles. The molecular formula is C21H18N2O2S2. The van der Waals surface area contributed by atoms with E-state index in [0.29, 0.717) is 24.5 Å². The SMILES string of the molecule is O=C(NCCc1nc2ccccc2s1)c1occc1CSc1ccccc1. The zero-order chi connectivity index (χ0) is 18.5. The van der Waals surface area contributed by atoms with Crippen LogP contribution < -0.4 is 5.32 Å². The molecule has 0 radical (unpaired) electrons. The molecule has 2 aromatic heterocycles. The van der Waals surface area contributed by atoms with E-state index in [-0.39, 0.29) is 5.91 Å². The number of carbonyl (C=O) groups is 1. The number of amides is 1. The monoisotopic (exact) mass is 394 g/mol. The highest BCUT2D eigenvalue weighted by atomic mass is 32.2. The van der Waals surface area contributed by atoms with Gasteiger partial charge in [0.05, 0.1) is 21.5 Å². The van der Waals surface area contributed by atoms with Crippen LogP contribution in [0.3, 0.4) is 0 Å². The quantitative estimate of drug-likeness (QED) is 0.440. The Labute approximate surface area is 165 Å². The molecule has 0 atom stereocenters. The summed E-state index contributed by atoms with van der Waals surface area (Å²) in [6.45, 7) is 0.532. The van der Waals surface area contributed by atoms with Crippen LogP contribution in [0.4, 0.5) is 0 Å². The Balaban J connectivity index is 1.32. The highest BCUT2D eigenvalue weighted by molar-refractivity contribution is 7.98. The number of carbonyl (C=O) groups excluding carboxylic acids is 1. The van der Waals surface area contributed by atoms with Crippen LogP contribution in [-0.2, 0) is 12.2 Å². The molecule has 0 aliphatic heterocycles. The maximum absolute atomic E-state index is 12.5. The van der Waals surface area contributed by atoms with Crippen LogP contribution in [0.15, 0.2) is 76.2 Å². The number of benzene rings is 2. The van der Waals surface area contributed by atoms with E-state index in [1.165, 1.54) is 9.60 Å². The lowest BCUT2D eigenvalue weighted by Gasteiger charge is -2.04. The number of nitrogens with one attached hydrogen (secondary N) is 1. The molecule has 0 fully saturated rings. The van der Waals surface area contributed by atoms with Gasteiger partial charge < -0.3 is 9.73 Å². The van der Waals surface area contributed by atoms with Gasteiger partial charge in [-0.25, -0.2) is 4.98 Å². The van der Waals surface area contributed by atoms with Crippen LogP contribution in [-0.4, -0.2) is 17.4 Å². The summed E-state index contributed by atoms with van der Waals surface area (Å²) in [4.78, 5) is 18.2. The molecule has 136 valence electrons. The van der Waals surface area contributed by atoms with Crippen molar-refractivity contribution in [2.75, 3.05) is 6.54 Å². The van der Waals surface area contributed by atoms with Crippen molar-refractivity contribution in [2.24, 2.45) is 0 Å². The Morgan fingerprint density at radius 2 is 1.89 bits per heavy atom. The molecule has 0 unspecified atom stereocenters. The third-order valence-electron chi connectivity index (χ3n) is 4.05. The van der Waals surface area contributed by atoms with Crippen molar-refractivity contribution in [1.82, 2.24) is 10.3 Å². The Hall–Kier alpha value is -2.57. The Bertz CT molecular complexity index is 1010. The Morgan fingerprint density at radius 1 is 1.07 bits per heavy atom. The summed E-state index contributed by atoms with van der Waals surface area (Å²) in [7, 11) is 0. The largest absolute Gasteiger partial charge is 0.459 e. The molecule has 0 aliphatic carbocycles. The third-order valence-corrected chi connectivity index (χ3v) is 6.21. The predicted molar refractivity (Wildman–Crippen MR) is 110 cm³/mol. The van der Waals surface area contributed by atoms with Gasteiger partial charge in [-0.3, -0.25) is 4.79 Å². The van der Waals surface area contributed by atoms with E-state index in [9.17, 15) is 4.79 Å². The van der Waals surface area contributed by atoms with E-state index in [1.807, 2.05) is 42.5 Å². The lowest BCUT2D eigenvalue weighted by atomic mass is 10.2. The van der Waals surface area contributed by atoms with Crippen molar-refractivity contribution in [3.05, 3.63) is 83.3 Å². The number of fused-ring (bicyclic) bond motifs is 1. The number of aromatic nitrogens is 1. The van der Waals surface area contributed by atoms with Crippen molar-refractivity contribution < 1.29 is 9.21 Å². The second kappa shape index (κ2) is 8.41. The fourth-order valence-electron chi connectivity index (χ4n) is 2.72. The summed E-state index contributed by atoms with van der Waals surface area (Å²) in [6, 6.07) is 20.1. The highest BCUT2D eigenvalue weighted by Gasteiger charge is 2.15. The average molecular weight is 395 g/mol. The van der Waals surface area contributed by atoms with Crippen molar-refractivity contribution in [1.29, 1.82) is 0 Å². The van der Waals surface area contributed by atoms with Gasteiger partial charge in [0.2, 0.25) is 0 Å². The third kappa shape index (κ3) is 4.40. The number of hydrogen-bond donors (Lipinski definition) is 1. The maximum atomic E-state index is 12.5. The standard InChI is InChI=1S/C21H18N2O2S2/c24-21(22-12-10-19-23-17-8-4-5-9-18(17)27-19)20-15(11-13-25-20)14-26-16-6-2-1-3-7-16/h1-9,11,13H,10,12,14H2,(H,22,24). The molecule has 4 aromatic rings. The average Bonchev–Trinajstić information content (AvgIpc) is 3.33. The number of thiazole rings is 1. The van der Waals surface area contributed by atoms with Gasteiger partial charge in [0.1, 0.15) is 0 Å². The summed E-state index contributed by atoms with van der Waals surface area (Å²) in [6.07, 6.45) is 2.28. The number of rotatable bonds is 7. The van der Waals surface area contributed by atoms with Crippen molar-refractivity contribution >= 4 is 39.2 Å². The molecule has 4 nitrogen and oxygen atoms in total. The Kier molecular flexibility index (Phi) is 5.55. The van der Waals surface area contributed by atoms with E-state index >= 15 is 0 Å². The smallest absolute Gasteiger partial charge is 0.287 e. The maximum Gasteiger partial charge on any atom is 0.287 e. The molecule has 4 rings (SSSR count). The molecule has 0 aliphatic rings. The number of thioether (sulfide) groups is 1. The van der Waals surface area contributed by atoms with Gasteiger partial charge in [0, 0.05) is 29.2 Å². The first-order chi connectivity index (χ1) is 13.3. The van der Waals surface area contributed by atoms with Gasteiger partial charge in [-0.05, 0) is 30.3 Å². The first kappa shape index (κ1) is 17.8. The fraction of sp³-hybridized carbons (Fsp3) is 0.143. The molecule has 0 saturated carbocycles. The second-order valence-electron chi connectivity index (χ2n) is 5.96. The first-order valence-electron chi connectivity index (χ1n) is 8.66. The zero-order valence-corrected chi connectivity index (χ0v) is 16.2. The zero-order valence-electron chi connectivity index (χ0n) is 14.6. The lowest BCUT2D eigenvalue weighted by molar-refractivity contribution is 0.0925. The van der Waals surface area contributed by atoms with Gasteiger partial charge in [0.15, 0.2) is 5.76 Å². The normalized spacial score (nSPS) is 11.0. The van der Waals surface area contributed by atoms with E-state index in [2.05, 4.69) is 28.5 Å². The number of nitrogens with zero attached hydrogens (tertiary/aromatic N) is 1. The van der Waals surface area contributed by atoms with Gasteiger partial charge in [-0.1, -0.05) is 30.3 Å². The molecule has 1 N–H and O–H groups in total. The van der Waals surface area contributed by atoms with Crippen molar-refractivity contribution in [3.8, 4) is 0 Å². The molecule has 27 heavy (non-hydrogen) atoms. The number of para-hydroxylation sites is 1. The van der Waals surface area contributed by atoms with E-state index in [0.717, 1.165) is 16.1 Å². The van der Waals surface area contributed by atoms with Crippen molar-refractivity contribution in [3.63, 3.8) is 0 Å². The second-order valence-corrected chi connectivity index (χ2v) is 8.12. The summed E-state index contributed by atoms with van der Waals surface area (Å²) >= 11 is 3.35. The molecular weight excluding hydrogens is 376 g/mol. The van der Waals surface area contributed by atoms with Gasteiger partial charge >= 0.3 is 0 Å². The van der Waals surface area contributed by atoms with Crippen LogP contribution in [0.1, 0.15) is 21.1 Å². The molecule has 0 saturated heterocycles. The first-order valence-corrected chi connectivity index (χ1v) is 10.5. The predicted octanol–water partition coefficient (Wildman–Crippen LogP) is 5.15. The highest BCUT2D eigenvalue weighted by Crippen LogP contribution is 2.25. The van der Waals surface area contributed by atoms with Gasteiger partial charge in [-0.2, -0.15) is 0 Å². The molecule has 0 spiro atoms. The summed E-state index contributed by atoms with van der Waals surface area (Å²) in [5.74, 6) is 0.911. The Morgan fingerprint density at radius 3 is 2.74 bits per heavy atom. The van der Waals surface area contributed by atoms with Crippen LogP contribution in [0.2, 0.25) is 0 Å². The van der Waals surface area contributed by atoms with Gasteiger partial charge in [0.25, 0.3) is 5.91 Å². The number of furan rings is 1. The summed E-state index contributed by atoms with van der Waals surface area (Å²) < 4.78 is 6.60. The minimum Gasteiger partial charge on any atom is -0.459 e. The molecule has 6 heteroatoms. The van der Waals surface area contributed by atoms with E-state index in [4.69, 9.17) is 4.42 Å². The van der Waals surface area contributed by atoms with Gasteiger partial charge in [-0.15, -0.1) is 23.1 Å². The van der Waals surface area contributed by atoms with E-state index < -0.39 is 0 Å². The number of hydrogen-bond acceptors (Lipinski definition) is 5. The van der Waals surface area contributed by atoms with Crippen LogP contribution >= 0.6 is 23.1 Å². The minimum absolute atomic E-state index is 0.176. The molecule has 0 bridgehead atoms. The lowest BCUT2D eigenvalue weighted by Crippen LogP contribution is -2.26. The minimum atomic E-state index is -0.176. The summed E-state index contributed by atoms with van der Waals surface area (Å²) in [5.41, 5.74) is 1.91. The molecule has 2 heterocycles. The molecule has 1 amide bonds. The summed E-state index contributed by atoms with van der Waals surface area (Å²) in [5, 5.41) is 3.97. The van der Waals surface area contributed by atoms with Crippen LogP contribution in [0.5, 0.6) is 0 Å². The van der Waals surface area contributed by atoms with Crippen molar-refractivity contribution in [2.45, 2.75) is 17.1 Å². The fourth-order valence-corrected chi connectivity index (χ4v) is 4.58. The van der Waals surface area contributed by atoms with E-state index in [1.54, 1.807) is 29.4 Å². The topological polar surface area (TPSA) is 55.1 Å². The van der Waals surface area contributed by atoms with Crippen LogP contribution in [0.25, 0.3) is 10.2 Å². The van der Waals surface area contributed by atoms with Crippen LogP contribution in [0, 0.1) is 0 Å².